The van der Waals surface area contributed by atoms with Crippen molar-refractivity contribution in [2.24, 2.45) is 11.8 Å². The molecular formula is C15H20O4. The van der Waals surface area contributed by atoms with Crippen molar-refractivity contribution >= 4 is 11.9 Å². The highest BCUT2D eigenvalue weighted by Gasteiger charge is 2.13. The summed E-state index contributed by atoms with van der Waals surface area (Å²) in [6.45, 7) is 7.29. The van der Waals surface area contributed by atoms with Gasteiger partial charge in [-0.15, -0.1) is 0 Å². The highest BCUT2D eigenvalue weighted by molar-refractivity contribution is 5.75. The molecule has 0 N–H and O–H groups in total. The van der Waals surface area contributed by atoms with Gasteiger partial charge in [0.25, 0.3) is 0 Å². The van der Waals surface area contributed by atoms with Gasteiger partial charge in [0, 0.05) is 0 Å². The van der Waals surface area contributed by atoms with Gasteiger partial charge in [-0.05, 0) is 30.7 Å². The van der Waals surface area contributed by atoms with Crippen LogP contribution in [-0.4, -0.2) is 11.9 Å². The number of esters is 2. The van der Waals surface area contributed by atoms with E-state index in [-0.39, 0.29) is 23.8 Å². The molecule has 0 spiro atoms. The second kappa shape index (κ2) is 6.92. The molecule has 0 aliphatic heterocycles. The quantitative estimate of drug-likeness (QED) is 0.605. The van der Waals surface area contributed by atoms with Crippen molar-refractivity contribution in [3.05, 3.63) is 24.3 Å². The van der Waals surface area contributed by atoms with Crippen LogP contribution in [0.2, 0.25) is 0 Å². The standard InChI is InChI=1S/C15H20O4/c1-5-11(4)15(17)19-13-8-6-12(7-9-13)18-14(16)10(2)3/h6-11H,5H2,1-4H3. The lowest BCUT2D eigenvalue weighted by Crippen LogP contribution is -2.17. The fourth-order valence-corrected chi connectivity index (χ4v) is 1.19. The zero-order valence-electron chi connectivity index (χ0n) is 11.8. The van der Waals surface area contributed by atoms with Gasteiger partial charge < -0.3 is 9.47 Å². The molecule has 0 heterocycles. The van der Waals surface area contributed by atoms with Crippen LogP contribution in [0.3, 0.4) is 0 Å². The van der Waals surface area contributed by atoms with Crippen LogP contribution < -0.4 is 9.47 Å². The van der Waals surface area contributed by atoms with Gasteiger partial charge >= 0.3 is 11.9 Å². The maximum Gasteiger partial charge on any atom is 0.314 e. The van der Waals surface area contributed by atoms with Crippen LogP contribution in [0.25, 0.3) is 0 Å². The van der Waals surface area contributed by atoms with Crippen LogP contribution >= 0.6 is 0 Å². The second-order valence-corrected chi connectivity index (χ2v) is 4.78. The summed E-state index contributed by atoms with van der Waals surface area (Å²) in [6.07, 6.45) is 0.739. The Balaban J connectivity index is 2.62. The summed E-state index contributed by atoms with van der Waals surface area (Å²) in [6, 6.07) is 6.45. The molecule has 4 heteroatoms. The Kier molecular flexibility index (Phi) is 5.55. The molecule has 0 fully saturated rings. The molecule has 0 saturated heterocycles. The first-order valence-electron chi connectivity index (χ1n) is 6.47. The minimum absolute atomic E-state index is 0.126. The number of rotatable bonds is 5. The van der Waals surface area contributed by atoms with E-state index in [0.29, 0.717) is 11.5 Å². The van der Waals surface area contributed by atoms with E-state index in [1.54, 1.807) is 38.1 Å². The fourth-order valence-electron chi connectivity index (χ4n) is 1.19. The highest BCUT2D eigenvalue weighted by atomic mass is 16.5. The number of carbonyl (C=O) groups excluding carboxylic acids is 2. The summed E-state index contributed by atoms with van der Waals surface area (Å²) in [7, 11) is 0. The van der Waals surface area contributed by atoms with Gasteiger partial charge in [0.15, 0.2) is 0 Å². The third-order valence-electron chi connectivity index (χ3n) is 2.75. The monoisotopic (exact) mass is 264 g/mol. The van der Waals surface area contributed by atoms with E-state index in [1.165, 1.54) is 0 Å². The first-order valence-corrected chi connectivity index (χ1v) is 6.47. The largest absolute Gasteiger partial charge is 0.426 e. The highest BCUT2D eigenvalue weighted by Crippen LogP contribution is 2.19. The Labute approximate surface area is 113 Å². The molecule has 1 unspecified atom stereocenters. The van der Waals surface area contributed by atoms with Gasteiger partial charge in [0.1, 0.15) is 11.5 Å². The first-order chi connectivity index (χ1) is 8.93. The molecule has 4 nitrogen and oxygen atoms in total. The minimum Gasteiger partial charge on any atom is -0.426 e. The number of carbonyl (C=O) groups is 2. The summed E-state index contributed by atoms with van der Waals surface area (Å²) < 4.78 is 10.3. The van der Waals surface area contributed by atoms with Gasteiger partial charge in [0.2, 0.25) is 0 Å². The average Bonchev–Trinajstić information content (AvgIpc) is 2.39. The Morgan fingerprint density at radius 3 is 1.74 bits per heavy atom. The van der Waals surface area contributed by atoms with Gasteiger partial charge in [-0.25, -0.2) is 0 Å². The van der Waals surface area contributed by atoms with Crippen LogP contribution in [0.4, 0.5) is 0 Å². The van der Waals surface area contributed by atoms with E-state index in [1.807, 2.05) is 13.8 Å². The molecule has 0 radical (unpaired) electrons. The third-order valence-corrected chi connectivity index (χ3v) is 2.75. The van der Waals surface area contributed by atoms with Crippen molar-refractivity contribution in [1.29, 1.82) is 0 Å². The molecule has 0 aromatic heterocycles. The zero-order chi connectivity index (χ0) is 14.4. The molecule has 0 aliphatic rings. The van der Waals surface area contributed by atoms with Gasteiger partial charge in [-0.3, -0.25) is 9.59 Å². The Hall–Kier alpha value is -1.84. The predicted octanol–water partition coefficient (Wildman–Crippen LogP) is 3.20. The Morgan fingerprint density at radius 2 is 1.37 bits per heavy atom. The predicted molar refractivity (Wildman–Crippen MR) is 72.0 cm³/mol. The molecular weight excluding hydrogens is 244 g/mol. The molecule has 1 atom stereocenters. The number of ether oxygens (including phenoxy) is 2. The van der Waals surface area contributed by atoms with Gasteiger partial charge in [-0.1, -0.05) is 27.7 Å². The maximum absolute atomic E-state index is 11.6. The normalized spacial score (nSPS) is 12.1. The Morgan fingerprint density at radius 1 is 0.947 bits per heavy atom. The second-order valence-electron chi connectivity index (χ2n) is 4.78. The van der Waals surface area contributed by atoms with Crippen LogP contribution in [-0.2, 0) is 9.59 Å². The van der Waals surface area contributed by atoms with Crippen molar-refractivity contribution in [1.82, 2.24) is 0 Å². The van der Waals surface area contributed by atoms with E-state index in [4.69, 9.17) is 9.47 Å². The molecule has 1 rings (SSSR count). The van der Waals surface area contributed by atoms with Crippen molar-refractivity contribution in [2.45, 2.75) is 34.1 Å². The van der Waals surface area contributed by atoms with Crippen LogP contribution in [0.15, 0.2) is 24.3 Å². The zero-order valence-corrected chi connectivity index (χ0v) is 11.8. The average molecular weight is 264 g/mol. The van der Waals surface area contributed by atoms with Crippen LogP contribution in [0.1, 0.15) is 34.1 Å². The van der Waals surface area contributed by atoms with E-state index >= 15 is 0 Å². The van der Waals surface area contributed by atoms with Crippen LogP contribution in [0, 0.1) is 11.8 Å². The molecule has 0 aliphatic carbocycles. The number of benzene rings is 1. The SMILES string of the molecule is CCC(C)C(=O)Oc1ccc(OC(=O)C(C)C)cc1. The molecule has 1 aromatic carbocycles. The molecule has 0 amide bonds. The maximum atomic E-state index is 11.6. The molecule has 104 valence electrons. The lowest BCUT2D eigenvalue weighted by Gasteiger charge is -2.10. The summed E-state index contributed by atoms with van der Waals surface area (Å²) in [5, 5.41) is 0. The van der Waals surface area contributed by atoms with Crippen molar-refractivity contribution < 1.29 is 19.1 Å². The summed E-state index contributed by atoms with van der Waals surface area (Å²) in [4.78, 5) is 23.0. The first kappa shape index (κ1) is 15.2. The van der Waals surface area contributed by atoms with Crippen molar-refractivity contribution in [3.63, 3.8) is 0 Å². The van der Waals surface area contributed by atoms with Crippen LogP contribution in [0.5, 0.6) is 11.5 Å². The van der Waals surface area contributed by atoms with E-state index in [9.17, 15) is 9.59 Å². The molecule has 0 saturated carbocycles. The minimum atomic E-state index is -0.288. The third kappa shape index (κ3) is 4.73. The topological polar surface area (TPSA) is 52.6 Å². The summed E-state index contributed by atoms with van der Waals surface area (Å²) in [5.74, 6) is 0.0526. The van der Waals surface area contributed by atoms with E-state index in [0.717, 1.165) is 6.42 Å². The van der Waals surface area contributed by atoms with Crippen molar-refractivity contribution in [3.8, 4) is 11.5 Å². The lowest BCUT2D eigenvalue weighted by atomic mass is 10.1. The lowest BCUT2D eigenvalue weighted by molar-refractivity contribution is -0.139. The number of hydrogen-bond acceptors (Lipinski definition) is 4. The van der Waals surface area contributed by atoms with E-state index in [2.05, 4.69) is 0 Å². The summed E-state index contributed by atoms with van der Waals surface area (Å²) in [5.41, 5.74) is 0. The Bertz CT molecular complexity index is 434. The molecule has 0 bridgehead atoms. The summed E-state index contributed by atoms with van der Waals surface area (Å²) >= 11 is 0. The number of hydrogen-bond donors (Lipinski definition) is 0. The molecule has 1 aromatic rings. The van der Waals surface area contributed by atoms with Gasteiger partial charge in [-0.2, -0.15) is 0 Å². The fraction of sp³-hybridized carbons (Fsp3) is 0.467. The smallest absolute Gasteiger partial charge is 0.314 e. The molecule has 19 heavy (non-hydrogen) atoms. The van der Waals surface area contributed by atoms with E-state index < -0.39 is 0 Å². The van der Waals surface area contributed by atoms with Crippen molar-refractivity contribution in [2.75, 3.05) is 0 Å². The van der Waals surface area contributed by atoms with Gasteiger partial charge in [0.05, 0.1) is 11.8 Å².